The van der Waals surface area contributed by atoms with Crippen LogP contribution in [0, 0.1) is 0 Å². The Balaban J connectivity index is 1.91. The van der Waals surface area contributed by atoms with Crippen molar-refractivity contribution >= 4 is 11.9 Å². The van der Waals surface area contributed by atoms with Crippen molar-refractivity contribution in [3.05, 3.63) is 0 Å². The smallest absolute Gasteiger partial charge is 0.322 e. The summed E-state index contributed by atoms with van der Waals surface area (Å²) >= 11 is 0. The molecule has 0 bridgehead atoms. The van der Waals surface area contributed by atoms with Gasteiger partial charge in [-0.1, -0.05) is 0 Å². The van der Waals surface area contributed by atoms with Gasteiger partial charge in [-0.3, -0.25) is 10.1 Å². The molecule has 0 spiro atoms. The van der Waals surface area contributed by atoms with E-state index < -0.39 is 47.9 Å². The summed E-state index contributed by atoms with van der Waals surface area (Å²) in [7, 11) is 1.49. The third-order valence-corrected chi connectivity index (χ3v) is 3.88. The normalized spacial score (nSPS) is 46.2. The Morgan fingerprint density at radius 2 is 1.80 bits per heavy atom. The Morgan fingerprint density at radius 1 is 1.15 bits per heavy atom. The predicted molar refractivity (Wildman–Crippen MR) is 64.6 cm³/mol. The maximum Gasteiger partial charge on any atom is 0.322 e. The SMILES string of the molecule is CO[C@H]1O[C@H]([C@]2(C)NC(=O)NC2=O)[C@@H]2OC(C)(C)O[C@H]12. The Morgan fingerprint density at radius 3 is 2.35 bits per heavy atom. The molecule has 3 aliphatic heterocycles. The molecule has 8 nitrogen and oxygen atoms in total. The summed E-state index contributed by atoms with van der Waals surface area (Å²) in [6.45, 7) is 5.16. The molecule has 5 atom stereocenters. The zero-order chi connectivity index (χ0) is 14.7. The highest BCUT2D eigenvalue weighted by atomic mass is 16.8. The van der Waals surface area contributed by atoms with Gasteiger partial charge in [-0.05, 0) is 20.8 Å². The lowest BCUT2D eigenvalue weighted by Crippen LogP contribution is -2.58. The number of rotatable bonds is 2. The topological polar surface area (TPSA) is 95.1 Å². The van der Waals surface area contributed by atoms with Gasteiger partial charge in [-0.15, -0.1) is 0 Å². The second-order valence-corrected chi connectivity index (χ2v) is 5.84. The zero-order valence-electron chi connectivity index (χ0n) is 11.8. The van der Waals surface area contributed by atoms with Crippen molar-refractivity contribution < 1.29 is 28.5 Å². The highest BCUT2D eigenvalue weighted by Crippen LogP contribution is 2.42. The molecule has 20 heavy (non-hydrogen) atoms. The third-order valence-electron chi connectivity index (χ3n) is 3.88. The van der Waals surface area contributed by atoms with E-state index >= 15 is 0 Å². The number of hydrogen-bond donors (Lipinski definition) is 2. The van der Waals surface area contributed by atoms with Crippen LogP contribution in [0.5, 0.6) is 0 Å². The first-order valence-electron chi connectivity index (χ1n) is 6.44. The molecule has 3 heterocycles. The number of ether oxygens (including phenoxy) is 4. The number of nitrogens with one attached hydrogen (secondary N) is 2. The first kappa shape index (κ1) is 13.7. The van der Waals surface area contributed by atoms with Crippen molar-refractivity contribution in [2.24, 2.45) is 0 Å². The molecule has 0 aromatic rings. The number of imide groups is 1. The average Bonchev–Trinajstić information content (AvgIpc) is 2.89. The van der Waals surface area contributed by atoms with Crippen LogP contribution in [-0.2, 0) is 23.7 Å². The quantitative estimate of drug-likeness (QED) is 0.663. The number of carbonyl (C=O) groups excluding carboxylic acids is 2. The van der Waals surface area contributed by atoms with Gasteiger partial charge < -0.3 is 24.3 Å². The van der Waals surface area contributed by atoms with Gasteiger partial charge in [0.2, 0.25) is 0 Å². The highest BCUT2D eigenvalue weighted by molar-refractivity contribution is 6.07. The summed E-state index contributed by atoms with van der Waals surface area (Å²) in [6, 6.07) is -0.545. The summed E-state index contributed by atoms with van der Waals surface area (Å²) in [5.74, 6) is -1.24. The fourth-order valence-corrected chi connectivity index (χ4v) is 2.97. The fourth-order valence-electron chi connectivity index (χ4n) is 2.97. The van der Waals surface area contributed by atoms with Gasteiger partial charge in [0.15, 0.2) is 12.1 Å². The molecule has 112 valence electrons. The minimum absolute atomic E-state index is 0.442. The van der Waals surface area contributed by atoms with E-state index in [4.69, 9.17) is 18.9 Å². The molecule has 0 unspecified atom stereocenters. The lowest BCUT2D eigenvalue weighted by Gasteiger charge is -2.31. The molecular formula is C12H18N2O6. The Hall–Kier alpha value is -1.22. The maximum absolute atomic E-state index is 12.0. The van der Waals surface area contributed by atoms with Crippen LogP contribution in [-0.4, -0.2) is 55.0 Å². The molecule has 3 amide bonds. The van der Waals surface area contributed by atoms with Crippen molar-refractivity contribution in [1.82, 2.24) is 10.6 Å². The van der Waals surface area contributed by atoms with Crippen LogP contribution < -0.4 is 10.6 Å². The molecule has 3 aliphatic rings. The second kappa shape index (κ2) is 4.14. The van der Waals surface area contributed by atoms with Crippen LogP contribution in [0.1, 0.15) is 20.8 Å². The van der Waals surface area contributed by atoms with Crippen LogP contribution >= 0.6 is 0 Å². The van der Waals surface area contributed by atoms with Crippen LogP contribution in [0.25, 0.3) is 0 Å². The van der Waals surface area contributed by atoms with Crippen molar-refractivity contribution in [2.45, 2.75) is 56.7 Å². The van der Waals surface area contributed by atoms with E-state index in [1.54, 1.807) is 20.8 Å². The van der Waals surface area contributed by atoms with E-state index in [-0.39, 0.29) is 0 Å². The van der Waals surface area contributed by atoms with E-state index in [1.807, 2.05) is 0 Å². The van der Waals surface area contributed by atoms with Gasteiger partial charge in [0, 0.05) is 7.11 Å². The zero-order valence-corrected chi connectivity index (χ0v) is 11.8. The van der Waals surface area contributed by atoms with E-state index in [9.17, 15) is 9.59 Å². The monoisotopic (exact) mass is 286 g/mol. The minimum atomic E-state index is -1.21. The highest BCUT2D eigenvalue weighted by Gasteiger charge is 2.64. The van der Waals surface area contributed by atoms with Crippen LogP contribution in [0.4, 0.5) is 4.79 Å². The van der Waals surface area contributed by atoms with Crippen LogP contribution in [0.2, 0.25) is 0 Å². The molecule has 8 heteroatoms. The van der Waals surface area contributed by atoms with Gasteiger partial charge >= 0.3 is 6.03 Å². The number of fused-ring (bicyclic) bond motifs is 1. The number of methoxy groups -OCH3 is 1. The first-order valence-corrected chi connectivity index (χ1v) is 6.44. The number of urea groups is 1. The van der Waals surface area contributed by atoms with Crippen LogP contribution in [0.3, 0.4) is 0 Å². The van der Waals surface area contributed by atoms with Crippen molar-refractivity contribution in [1.29, 1.82) is 0 Å². The summed E-state index contributed by atoms with van der Waals surface area (Å²) in [4.78, 5) is 23.4. The lowest BCUT2D eigenvalue weighted by atomic mass is 9.90. The molecule has 3 saturated heterocycles. The van der Waals surface area contributed by atoms with E-state index in [2.05, 4.69) is 10.6 Å². The van der Waals surface area contributed by atoms with Crippen molar-refractivity contribution in [3.8, 4) is 0 Å². The predicted octanol–water partition coefficient (Wildman–Crippen LogP) is -0.524. The van der Waals surface area contributed by atoms with E-state index in [0.29, 0.717) is 0 Å². The molecular weight excluding hydrogens is 268 g/mol. The summed E-state index contributed by atoms with van der Waals surface area (Å²) in [6.07, 6.45) is -2.27. The molecule has 0 aromatic carbocycles. The fraction of sp³-hybridized carbons (Fsp3) is 0.833. The van der Waals surface area contributed by atoms with Gasteiger partial charge in [-0.2, -0.15) is 0 Å². The molecule has 0 radical (unpaired) electrons. The number of hydrogen-bond acceptors (Lipinski definition) is 6. The Bertz CT molecular complexity index is 467. The maximum atomic E-state index is 12.0. The molecule has 0 aliphatic carbocycles. The summed E-state index contributed by atoms with van der Waals surface area (Å²) in [5, 5.41) is 4.80. The molecule has 0 aromatic heterocycles. The number of carbonyl (C=O) groups is 2. The summed E-state index contributed by atoms with van der Waals surface area (Å²) < 4.78 is 22.5. The Kier molecular flexibility index (Phi) is 2.85. The van der Waals surface area contributed by atoms with Crippen molar-refractivity contribution in [3.63, 3.8) is 0 Å². The molecule has 0 saturated carbocycles. The van der Waals surface area contributed by atoms with Gasteiger partial charge in [0.25, 0.3) is 5.91 Å². The van der Waals surface area contributed by atoms with Crippen molar-refractivity contribution in [2.75, 3.05) is 7.11 Å². The van der Waals surface area contributed by atoms with E-state index in [1.165, 1.54) is 7.11 Å². The third kappa shape index (κ3) is 1.83. The summed E-state index contributed by atoms with van der Waals surface area (Å²) in [5.41, 5.74) is -1.21. The lowest BCUT2D eigenvalue weighted by molar-refractivity contribution is -0.233. The largest absolute Gasteiger partial charge is 0.353 e. The molecule has 2 N–H and O–H groups in total. The average molecular weight is 286 g/mol. The molecule has 3 fully saturated rings. The van der Waals surface area contributed by atoms with Gasteiger partial charge in [0.1, 0.15) is 23.9 Å². The minimum Gasteiger partial charge on any atom is -0.353 e. The molecule has 3 rings (SSSR count). The second-order valence-electron chi connectivity index (χ2n) is 5.84. The first-order chi connectivity index (χ1) is 9.27. The Labute approximate surface area is 116 Å². The van der Waals surface area contributed by atoms with Gasteiger partial charge in [-0.25, -0.2) is 4.79 Å². The van der Waals surface area contributed by atoms with Crippen LogP contribution in [0.15, 0.2) is 0 Å². The van der Waals surface area contributed by atoms with Gasteiger partial charge in [0.05, 0.1) is 0 Å². The number of amides is 3. The standard InChI is InChI=1S/C12H18N2O6/c1-11(2)19-5-6(20-11)8(17-4)18-7(5)12(3)9(15)13-10(16)14-12/h5-8H,1-4H3,(H2,13,14,15,16)/t5-,6+,7+,8+,12+/m1/s1. The van der Waals surface area contributed by atoms with E-state index in [0.717, 1.165) is 0 Å².